The highest BCUT2D eigenvalue weighted by molar-refractivity contribution is 7.13. The lowest BCUT2D eigenvalue weighted by Crippen LogP contribution is -2.26. The third-order valence-corrected chi connectivity index (χ3v) is 5.77. The largest absolute Gasteiger partial charge is 0.510 e. The molecular formula is C22H21N3O2S. The van der Waals surface area contributed by atoms with E-state index in [1.54, 1.807) is 12.0 Å². The molecular weight excluding hydrogens is 370 g/mol. The van der Waals surface area contributed by atoms with Gasteiger partial charge in [0, 0.05) is 10.4 Å². The number of methoxy groups -OCH3 is 1. The van der Waals surface area contributed by atoms with Gasteiger partial charge in [0.25, 0.3) is 0 Å². The number of rotatable bonds is 4. The maximum absolute atomic E-state index is 10.7. The maximum atomic E-state index is 10.7. The molecule has 4 rings (SSSR count). The zero-order valence-electron chi connectivity index (χ0n) is 16.0. The molecule has 3 aromatic rings. The van der Waals surface area contributed by atoms with Gasteiger partial charge in [-0.1, -0.05) is 36.4 Å². The van der Waals surface area contributed by atoms with Gasteiger partial charge in [-0.2, -0.15) is 0 Å². The van der Waals surface area contributed by atoms with Crippen LogP contribution >= 0.6 is 11.3 Å². The third-order valence-electron chi connectivity index (χ3n) is 4.79. The fourth-order valence-corrected chi connectivity index (χ4v) is 4.39. The second-order valence-corrected chi connectivity index (χ2v) is 7.92. The Morgan fingerprint density at radius 1 is 1.14 bits per heavy atom. The highest BCUT2D eigenvalue weighted by atomic mass is 32.1. The van der Waals surface area contributed by atoms with E-state index in [0.29, 0.717) is 16.3 Å². The average Bonchev–Trinajstić information content (AvgIpc) is 3.21. The Hall–Kier alpha value is -3.12. The first-order valence-corrected chi connectivity index (χ1v) is 9.77. The number of amidine groups is 1. The summed E-state index contributed by atoms with van der Waals surface area (Å²) in [6.07, 6.45) is 0. The van der Waals surface area contributed by atoms with E-state index in [2.05, 4.69) is 0 Å². The zero-order valence-corrected chi connectivity index (χ0v) is 16.8. The van der Waals surface area contributed by atoms with Crippen LogP contribution < -0.4 is 9.64 Å². The molecule has 0 spiro atoms. The monoisotopic (exact) mass is 391 g/mol. The summed E-state index contributed by atoms with van der Waals surface area (Å²) in [5, 5.41) is 20.0. The molecule has 0 radical (unpaired) electrons. The SMILES string of the molecule is COc1ccc(C)cc1N1CC(O)=C(c2nc(-c3ccccc3)c(C)s2)C1=N. The van der Waals surface area contributed by atoms with Crippen molar-refractivity contribution < 1.29 is 9.84 Å². The van der Waals surface area contributed by atoms with Crippen LogP contribution in [0.25, 0.3) is 16.8 Å². The first-order chi connectivity index (χ1) is 13.5. The molecule has 0 saturated carbocycles. The van der Waals surface area contributed by atoms with Crippen LogP contribution in [0.1, 0.15) is 15.4 Å². The number of aromatic nitrogens is 1. The summed E-state index contributed by atoms with van der Waals surface area (Å²) >= 11 is 1.50. The molecule has 0 amide bonds. The number of aliphatic hydroxyl groups is 1. The summed E-state index contributed by atoms with van der Waals surface area (Å²) < 4.78 is 5.47. The lowest BCUT2D eigenvalue weighted by molar-refractivity contribution is 0.406. The van der Waals surface area contributed by atoms with Crippen molar-refractivity contribution in [2.45, 2.75) is 13.8 Å². The van der Waals surface area contributed by atoms with Crippen LogP contribution in [0, 0.1) is 19.3 Å². The van der Waals surface area contributed by atoms with Gasteiger partial charge in [-0.25, -0.2) is 4.98 Å². The fourth-order valence-electron chi connectivity index (χ4n) is 3.39. The van der Waals surface area contributed by atoms with Gasteiger partial charge in [-0.05, 0) is 31.5 Å². The molecule has 2 N–H and O–H groups in total. The van der Waals surface area contributed by atoms with E-state index in [4.69, 9.17) is 15.1 Å². The van der Waals surface area contributed by atoms with E-state index < -0.39 is 0 Å². The lowest BCUT2D eigenvalue weighted by atomic mass is 10.1. The van der Waals surface area contributed by atoms with E-state index >= 15 is 0 Å². The van der Waals surface area contributed by atoms with Crippen molar-refractivity contribution in [1.29, 1.82) is 5.41 Å². The minimum atomic E-state index is 0.155. The summed E-state index contributed by atoms with van der Waals surface area (Å²) in [5.41, 5.74) is 4.24. The number of aryl methyl sites for hydroxylation is 2. The first kappa shape index (κ1) is 18.3. The van der Waals surface area contributed by atoms with Crippen LogP contribution in [0.15, 0.2) is 54.3 Å². The Labute approximate surface area is 168 Å². The minimum Gasteiger partial charge on any atom is -0.510 e. The number of thiazole rings is 1. The van der Waals surface area contributed by atoms with Gasteiger partial charge in [-0.15, -0.1) is 11.3 Å². The predicted molar refractivity (Wildman–Crippen MR) is 115 cm³/mol. The third kappa shape index (κ3) is 3.05. The van der Waals surface area contributed by atoms with Crippen LogP contribution in [-0.2, 0) is 0 Å². The number of nitrogens with zero attached hydrogens (tertiary/aromatic N) is 2. The van der Waals surface area contributed by atoms with Crippen molar-refractivity contribution in [3.63, 3.8) is 0 Å². The molecule has 0 bridgehead atoms. The van der Waals surface area contributed by atoms with Gasteiger partial charge in [0.05, 0.1) is 30.6 Å². The van der Waals surface area contributed by atoms with Crippen LogP contribution in [-0.4, -0.2) is 29.6 Å². The minimum absolute atomic E-state index is 0.155. The fraction of sp³-hybridized carbons (Fsp3) is 0.182. The molecule has 6 heteroatoms. The Kier molecular flexibility index (Phi) is 4.65. The van der Waals surface area contributed by atoms with E-state index in [-0.39, 0.29) is 18.1 Å². The normalized spacial score (nSPS) is 14.1. The summed E-state index contributed by atoms with van der Waals surface area (Å²) in [6, 6.07) is 15.8. The predicted octanol–water partition coefficient (Wildman–Crippen LogP) is 5.20. The number of ether oxygens (including phenoxy) is 1. The Bertz CT molecular complexity index is 1090. The molecule has 1 aliphatic rings. The highest BCUT2D eigenvalue weighted by Gasteiger charge is 2.33. The molecule has 28 heavy (non-hydrogen) atoms. The maximum Gasteiger partial charge on any atom is 0.142 e. The Morgan fingerprint density at radius 2 is 1.89 bits per heavy atom. The quantitative estimate of drug-likeness (QED) is 0.641. The molecule has 0 aliphatic carbocycles. The van der Waals surface area contributed by atoms with Crippen molar-refractivity contribution in [3.8, 4) is 17.0 Å². The summed E-state index contributed by atoms with van der Waals surface area (Å²) in [5.74, 6) is 1.06. The Balaban J connectivity index is 1.72. The molecule has 142 valence electrons. The number of hydrogen-bond donors (Lipinski definition) is 2. The number of anilines is 1. The number of aliphatic hydroxyl groups excluding tert-OH is 1. The summed E-state index contributed by atoms with van der Waals surface area (Å²) in [4.78, 5) is 7.57. The summed E-state index contributed by atoms with van der Waals surface area (Å²) in [6.45, 7) is 4.24. The number of hydrogen-bond acceptors (Lipinski definition) is 5. The van der Waals surface area contributed by atoms with Crippen molar-refractivity contribution >= 4 is 28.4 Å². The van der Waals surface area contributed by atoms with Crippen LogP contribution in [0.3, 0.4) is 0 Å². The smallest absolute Gasteiger partial charge is 0.142 e. The van der Waals surface area contributed by atoms with Gasteiger partial charge < -0.3 is 14.7 Å². The van der Waals surface area contributed by atoms with Crippen LogP contribution in [0.5, 0.6) is 5.75 Å². The van der Waals surface area contributed by atoms with Gasteiger partial charge >= 0.3 is 0 Å². The molecule has 0 fully saturated rings. The van der Waals surface area contributed by atoms with E-state index in [0.717, 1.165) is 27.4 Å². The molecule has 5 nitrogen and oxygen atoms in total. The van der Waals surface area contributed by atoms with Gasteiger partial charge in [0.15, 0.2) is 0 Å². The number of nitrogens with one attached hydrogen (secondary N) is 1. The standard InChI is InChI=1S/C22H21N3O2S/c1-13-9-10-18(27-3)16(11-13)25-12-17(26)19(21(25)23)22-24-20(14(2)28-22)15-7-5-4-6-8-15/h4-11,23,26H,12H2,1-3H3. The second-order valence-electron chi connectivity index (χ2n) is 6.72. The van der Waals surface area contributed by atoms with Crippen molar-refractivity contribution in [2.24, 2.45) is 0 Å². The van der Waals surface area contributed by atoms with E-state index in [1.165, 1.54) is 11.3 Å². The summed E-state index contributed by atoms with van der Waals surface area (Å²) in [7, 11) is 1.61. The molecule has 0 saturated heterocycles. The molecule has 2 heterocycles. The Morgan fingerprint density at radius 3 is 2.61 bits per heavy atom. The van der Waals surface area contributed by atoms with Crippen LogP contribution in [0.4, 0.5) is 5.69 Å². The van der Waals surface area contributed by atoms with E-state index in [9.17, 15) is 5.11 Å². The lowest BCUT2D eigenvalue weighted by Gasteiger charge is -2.21. The second kappa shape index (κ2) is 7.13. The molecule has 1 aromatic heterocycles. The van der Waals surface area contributed by atoms with E-state index in [1.807, 2.05) is 62.4 Å². The molecule has 2 aromatic carbocycles. The molecule has 1 aliphatic heterocycles. The first-order valence-electron chi connectivity index (χ1n) is 8.96. The topological polar surface area (TPSA) is 69.4 Å². The van der Waals surface area contributed by atoms with Crippen molar-refractivity contribution in [3.05, 3.63) is 69.7 Å². The molecule has 0 atom stereocenters. The number of benzene rings is 2. The van der Waals surface area contributed by atoms with Crippen molar-refractivity contribution in [2.75, 3.05) is 18.6 Å². The zero-order chi connectivity index (χ0) is 19.8. The van der Waals surface area contributed by atoms with Gasteiger partial charge in [-0.3, -0.25) is 5.41 Å². The van der Waals surface area contributed by atoms with Gasteiger partial charge in [0.1, 0.15) is 22.4 Å². The van der Waals surface area contributed by atoms with Crippen molar-refractivity contribution in [1.82, 2.24) is 4.98 Å². The molecule has 0 unspecified atom stereocenters. The highest BCUT2D eigenvalue weighted by Crippen LogP contribution is 2.39. The average molecular weight is 391 g/mol. The van der Waals surface area contributed by atoms with Gasteiger partial charge in [0.2, 0.25) is 0 Å². The van der Waals surface area contributed by atoms with Crippen LogP contribution in [0.2, 0.25) is 0 Å².